The number of nitrogens with zero attached hydrogens (tertiary/aromatic N) is 1. The number of hydrogen-bond donors (Lipinski definition) is 0. The molecule has 1 aliphatic heterocycles. The zero-order chi connectivity index (χ0) is 15.0. The van der Waals surface area contributed by atoms with E-state index in [0.29, 0.717) is 11.1 Å². The van der Waals surface area contributed by atoms with E-state index in [1.807, 2.05) is 24.3 Å². The monoisotopic (exact) mass is 345 g/mol. The van der Waals surface area contributed by atoms with E-state index >= 15 is 0 Å². The number of fused-ring (bicyclic) bond motifs is 1. The van der Waals surface area contributed by atoms with Crippen molar-refractivity contribution >= 4 is 27.7 Å². The summed E-state index contributed by atoms with van der Waals surface area (Å²) in [5.41, 5.74) is 1.64. The van der Waals surface area contributed by atoms with Crippen molar-refractivity contribution in [1.29, 1.82) is 0 Å². The van der Waals surface area contributed by atoms with Crippen LogP contribution in [0.4, 0.5) is 0 Å². The van der Waals surface area contributed by atoms with Gasteiger partial charge in [-0.25, -0.2) is 0 Å². The van der Waals surface area contributed by atoms with Gasteiger partial charge in [-0.05, 0) is 36.8 Å². The molecule has 1 atom stereocenters. The minimum absolute atomic E-state index is 0.380. The van der Waals surface area contributed by atoms with E-state index in [2.05, 4.69) is 15.9 Å². The predicted octanol–water partition coefficient (Wildman–Crippen LogP) is 3.74. The van der Waals surface area contributed by atoms with Crippen molar-refractivity contribution in [3.05, 3.63) is 69.7 Å². The Bertz CT molecular complexity index is 677. The molecule has 106 valence electrons. The first kappa shape index (κ1) is 14.0. The number of rotatable bonds is 3. The van der Waals surface area contributed by atoms with Crippen LogP contribution in [-0.4, -0.2) is 16.9 Å². The van der Waals surface area contributed by atoms with E-state index in [1.54, 1.807) is 31.2 Å². The van der Waals surface area contributed by atoms with Crippen molar-refractivity contribution in [3.8, 4) is 0 Å². The molecular weight excluding hydrogens is 334 g/mol. The van der Waals surface area contributed by atoms with E-state index in [0.717, 1.165) is 15.1 Å². The summed E-state index contributed by atoms with van der Waals surface area (Å²) >= 11 is 3.36. The third-order valence-corrected chi connectivity index (χ3v) is 3.89. The normalized spacial score (nSPS) is 15.2. The van der Waals surface area contributed by atoms with Crippen LogP contribution in [0.1, 0.15) is 39.3 Å². The van der Waals surface area contributed by atoms with E-state index in [-0.39, 0.29) is 0 Å². The number of hydroxylamine groups is 2. The van der Waals surface area contributed by atoms with Crippen LogP contribution in [-0.2, 0) is 4.84 Å². The van der Waals surface area contributed by atoms with Gasteiger partial charge in [-0.1, -0.05) is 40.2 Å². The lowest BCUT2D eigenvalue weighted by atomic mass is 10.1. The first-order valence-electron chi connectivity index (χ1n) is 6.48. The summed E-state index contributed by atoms with van der Waals surface area (Å²) in [6, 6.07) is 14.2. The van der Waals surface area contributed by atoms with Crippen molar-refractivity contribution in [2.45, 2.75) is 13.0 Å². The molecule has 3 rings (SSSR count). The van der Waals surface area contributed by atoms with E-state index < -0.39 is 17.9 Å². The third-order valence-electron chi connectivity index (χ3n) is 3.36. The fourth-order valence-electron chi connectivity index (χ4n) is 2.22. The predicted molar refractivity (Wildman–Crippen MR) is 80.6 cm³/mol. The standard InChI is InChI=1S/C16H12BrNO3/c1-10(11-6-8-12(17)9-7-11)21-18-15(19)13-4-2-3-5-14(13)16(18)20/h2-10H,1H3. The largest absolute Gasteiger partial charge is 0.285 e. The Kier molecular flexibility index (Phi) is 3.61. The fraction of sp³-hybridized carbons (Fsp3) is 0.125. The molecule has 0 aromatic heterocycles. The molecule has 2 aromatic rings. The molecule has 0 N–H and O–H groups in total. The summed E-state index contributed by atoms with van der Waals surface area (Å²) in [5.74, 6) is -0.834. The second-order valence-electron chi connectivity index (χ2n) is 4.75. The van der Waals surface area contributed by atoms with E-state index in [1.165, 1.54) is 0 Å². The number of halogens is 1. The number of hydrogen-bond acceptors (Lipinski definition) is 3. The summed E-state index contributed by atoms with van der Waals surface area (Å²) in [4.78, 5) is 30.0. The number of carbonyl (C=O) groups is 2. The molecule has 1 heterocycles. The van der Waals surface area contributed by atoms with Crippen LogP contribution in [0.5, 0.6) is 0 Å². The maximum absolute atomic E-state index is 12.2. The number of amides is 2. The van der Waals surface area contributed by atoms with Gasteiger partial charge in [0.05, 0.1) is 11.1 Å². The van der Waals surface area contributed by atoms with Gasteiger partial charge in [0, 0.05) is 4.47 Å². The van der Waals surface area contributed by atoms with E-state index in [4.69, 9.17) is 4.84 Å². The molecule has 0 fully saturated rings. The lowest BCUT2D eigenvalue weighted by Gasteiger charge is -2.19. The molecule has 1 aliphatic rings. The molecule has 1 unspecified atom stereocenters. The Morgan fingerprint density at radius 1 is 0.952 bits per heavy atom. The van der Waals surface area contributed by atoms with Gasteiger partial charge in [0.2, 0.25) is 0 Å². The maximum atomic E-state index is 12.2. The van der Waals surface area contributed by atoms with Crippen molar-refractivity contribution in [1.82, 2.24) is 5.06 Å². The summed E-state index contributed by atoms with van der Waals surface area (Å²) in [5, 5.41) is 0.845. The molecule has 0 spiro atoms. The zero-order valence-electron chi connectivity index (χ0n) is 11.2. The van der Waals surface area contributed by atoms with Crippen LogP contribution < -0.4 is 0 Å². The minimum atomic E-state index is -0.417. The van der Waals surface area contributed by atoms with Crippen LogP contribution in [0.15, 0.2) is 53.0 Å². The van der Waals surface area contributed by atoms with Crippen LogP contribution in [0.25, 0.3) is 0 Å². The molecule has 2 amide bonds. The van der Waals surface area contributed by atoms with Crippen LogP contribution in [0.2, 0.25) is 0 Å². The highest BCUT2D eigenvalue weighted by Gasteiger charge is 2.37. The Morgan fingerprint density at radius 2 is 1.48 bits per heavy atom. The van der Waals surface area contributed by atoms with Crippen molar-refractivity contribution in [2.24, 2.45) is 0 Å². The number of imide groups is 1. The minimum Gasteiger partial charge on any atom is -0.266 e. The van der Waals surface area contributed by atoms with Gasteiger partial charge >= 0.3 is 0 Å². The highest BCUT2D eigenvalue weighted by molar-refractivity contribution is 9.10. The first-order valence-corrected chi connectivity index (χ1v) is 7.27. The summed E-state index contributed by atoms with van der Waals surface area (Å²) < 4.78 is 0.958. The molecule has 5 heteroatoms. The fourth-order valence-corrected chi connectivity index (χ4v) is 2.48. The molecule has 21 heavy (non-hydrogen) atoms. The number of carbonyl (C=O) groups excluding carboxylic acids is 2. The lowest BCUT2D eigenvalue weighted by Crippen LogP contribution is -2.31. The van der Waals surface area contributed by atoms with Crippen molar-refractivity contribution < 1.29 is 14.4 Å². The summed E-state index contributed by atoms with van der Waals surface area (Å²) in [6.07, 6.45) is -0.402. The molecule has 2 aromatic carbocycles. The topological polar surface area (TPSA) is 46.6 Å². The maximum Gasteiger partial charge on any atom is 0.285 e. The highest BCUT2D eigenvalue weighted by atomic mass is 79.9. The average Bonchev–Trinajstić information content (AvgIpc) is 2.73. The Morgan fingerprint density at radius 3 is 2.00 bits per heavy atom. The van der Waals surface area contributed by atoms with Crippen LogP contribution in [0.3, 0.4) is 0 Å². The molecule has 0 bridgehead atoms. The highest BCUT2D eigenvalue weighted by Crippen LogP contribution is 2.27. The van der Waals surface area contributed by atoms with Gasteiger partial charge in [0.15, 0.2) is 0 Å². The molecular formula is C16H12BrNO3. The van der Waals surface area contributed by atoms with Crippen molar-refractivity contribution in [2.75, 3.05) is 0 Å². The Hall–Kier alpha value is -1.98. The number of benzene rings is 2. The zero-order valence-corrected chi connectivity index (χ0v) is 12.8. The second kappa shape index (κ2) is 5.42. The first-order chi connectivity index (χ1) is 10.1. The van der Waals surface area contributed by atoms with Gasteiger partial charge in [-0.15, -0.1) is 5.06 Å². The van der Waals surface area contributed by atoms with Crippen LogP contribution in [0, 0.1) is 0 Å². The second-order valence-corrected chi connectivity index (χ2v) is 5.67. The van der Waals surface area contributed by atoms with Gasteiger partial charge in [0.1, 0.15) is 6.10 Å². The third kappa shape index (κ3) is 2.50. The van der Waals surface area contributed by atoms with Gasteiger partial charge in [0.25, 0.3) is 11.8 Å². The summed E-state index contributed by atoms with van der Waals surface area (Å²) in [6.45, 7) is 1.80. The Balaban J connectivity index is 1.82. The van der Waals surface area contributed by atoms with Gasteiger partial charge in [-0.2, -0.15) is 0 Å². The van der Waals surface area contributed by atoms with Crippen LogP contribution >= 0.6 is 15.9 Å². The average molecular weight is 346 g/mol. The molecule has 0 saturated heterocycles. The molecule has 4 nitrogen and oxygen atoms in total. The molecule has 0 aliphatic carbocycles. The van der Waals surface area contributed by atoms with E-state index in [9.17, 15) is 9.59 Å². The quantitative estimate of drug-likeness (QED) is 0.796. The lowest BCUT2D eigenvalue weighted by molar-refractivity contribution is -0.128. The smallest absolute Gasteiger partial charge is 0.266 e. The SMILES string of the molecule is CC(ON1C(=O)c2ccccc2C1=O)c1ccc(Br)cc1. The molecule has 0 saturated carbocycles. The Labute approximate surface area is 130 Å². The van der Waals surface area contributed by atoms with Gasteiger partial charge in [-0.3, -0.25) is 14.4 Å². The van der Waals surface area contributed by atoms with Crippen molar-refractivity contribution in [3.63, 3.8) is 0 Å². The van der Waals surface area contributed by atoms with Gasteiger partial charge < -0.3 is 0 Å². The molecule has 0 radical (unpaired) electrons. The summed E-state index contributed by atoms with van der Waals surface area (Å²) in [7, 11) is 0.